The summed E-state index contributed by atoms with van der Waals surface area (Å²) in [6, 6.07) is 23.5. The molecule has 2 aromatic carbocycles. The molecule has 6 nitrogen and oxygen atoms in total. The smallest absolute Gasteiger partial charge is 0.337 e. The molecule has 2 heterocycles. The van der Waals surface area contributed by atoms with Crippen LogP contribution in [0.15, 0.2) is 94.8 Å². The fraction of sp³-hybridized carbons (Fsp3) is 0.0417. The van der Waals surface area contributed by atoms with Gasteiger partial charge in [0, 0.05) is 18.4 Å². The third-order valence-electron chi connectivity index (χ3n) is 4.65. The second kappa shape index (κ2) is 9.14. The van der Waals surface area contributed by atoms with Gasteiger partial charge in [-0.15, -0.1) is 11.3 Å². The number of carbonyl (C=O) groups is 1. The van der Waals surface area contributed by atoms with Crippen LogP contribution in [0.25, 0.3) is 5.69 Å². The van der Waals surface area contributed by atoms with Gasteiger partial charge in [-0.05, 0) is 47.2 Å². The number of carboxylic acid groups (broad SMARTS) is 1. The molecule has 0 amide bonds. The fourth-order valence-corrected chi connectivity index (χ4v) is 5.48. The molecule has 2 aromatic heterocycles. The van der Waals surface area contributed by atoms with E-state index in [1.165, 1.54) is 12.1 Å². The summed E-state index contributed by atoms with van der Waals surface area (Å²) in [6.45, 7) is 0.0611. The summed E-state index contributed by atoms with van der Waals surface area (Å²) in [5.74, 6) is 1.81. The van der Waals surface area contributed by atoms with Crippen LogP contribution in [-0.2, 0) is 16.6 Å². The quantitative estimate of drug-likeness (QED) is 0.339. The summed E-state index contributed by atoms with van der Waals surface area (Å²) in [6.07, 6.45) is 3.44. The van der Waals surface area contributed by atoms with Gasteiger partial charge in [0.25, 0.3) is 10.0 Å². The zero-order valence-corrected chi connectivity index (χ0v) is 18.4. The molecule has 160 valence electrons. The molecule has 8 heteroatoms. The average Bonchev–Trinajstić information content (AvgIpc) is 3.51. The second-order valence-corrected chi connectivity index (χ2v) is 9.80. The van der Waals surface area contributed by atoms with Gasteiger partial charge in [-0.25, -0.2) is 9.10 Å². The Bertz CT molecular complexity index is 1380. The fourth-order valence-electron chi connectivity index (χ4n) is 3.15. The van der Waals surface area contributed by atoms with Crippen LogP contribution >= 0.6 is 11.3 Å². The maximum absolute atomic E-state index is 13.2. The van der Waals surface area contributed by atoms with Crippen molar-refractivity contribution in [1.82, 2.24) is 8.87 Å². The monoisotopic (exact) mass is 462 g/mol. The molecule has 4 rings (SSSR count). The number of hydrogen-bond acceptors (Lipinski definition) is 4. The minimum Gasteiger partial charge on any atom is -0.478 e. The molecule has 1 N–H and O–H groups in total. The third kappa shape index (κ3) is 4.44. The first-order valence-corrected chi connectivity index (χ1v) is 11.9. The van der Waals surface area contributed by atoms with E-state index >= 15 is 0 Å². The molecule has 0 saturated carbocycles. The number of carboxylic acids is 1. The van der Waals surface area contributed by atoms with Gasteiger partial charge in [0.05, 0.1) is 23.4 Å². The lowest BCUT2D eigenvalue weighted by Gasteiger charge is -2.17. The van der Waals surface area contributed by atoms with E-state index < -0.39 is 16.0 Å². The highest BCUT2D eigenvalue weighted by atomic mass is 32.2. The molecule has 0 unspecified atom stereocenters. The summed E-state index contributed by atoms with van der Waals surface area (Å²) >= 11 is 1.12. The summed E-state index contributed by atoms with van der Waals surface area (Å²) in [7, 11) is -3.86. The lowest BCUT2D eigenvalue weighted by atomic mass is 10.1. The van der Waals surface area contributed by atoms with Crippen LogP contribution in [0.3, 0.4) is 0 Å². The Morgan fingerprint density at radius 3 is 2.38 bits per heavy atom. The molecular formula is C24H18N2O4S2. The first-order valence-electron chi connectivity index (χ1n) is 9.58. The Labute approximate surface area is 190 Å². The summed E-state index contributed by atoms with van der Waals surface area (Å²) in [4.78, 5) is 11.8. The van der Waals surface area contributed by atoms with Crippen molar-refractivity contribution in [3.05, 3.63) is 107 Å². The number of aromatic carboxylic acids is 1. The number of hydrogen-bond donors (Lipinski definition) is 1. The highest BCUT2D eigenvalue weighted by molar-refractivity contribution is 7.91. The van der Waals surface area contributed by atoms with Gasteiger partial charge in [-0.3, -0.25) is 0 Å². The van der Waals surface area contributed by atoms with Crippen molar-refractivity contribution in [3.63, 3.8) is 0 Å². The molecule has 0 spiro atoms. The van der Waals surface area contributed by atoms with Gasteiger partial charge in [0.2, 0.25) is 0 Å². The van der Waals surface area contributed by atoms with Crippen molar-refractivity contribution >= 4 is 27.3 Å². The van der Waals surface area contributed by atoms with E-state index in [9.17, 15) is 18.3 Å². The molecule has 0 saturated heterocycles. The van der Waals surface area contributed by atoms with E-state index in [4.69, 9.17) is 0 Å². The van der Waals surface area contributed by atoms with E-state index in [0.29, 0.717) is 11.3 Å². The van der Waals surface area contributed by atoms with Crippen LogP contribution in [0.2, 0.25) is 0 Å². The van der Waals surface area contributed by atoms with Crippen LogP contribution in [0.5, 0.6) is 0 Å². The van der Waals surface area contributed by atoms with E-state index in [1.807, 2.05) is 30.3 Å². The Morgan fingerprint density at radius 1 is 0.969 bits per heavy atom. The van der Waals surface area contributed by atoms with Crippen molar-refractivity contribution in [2.24, 2.45) is 0 Å². The van der Waals surface area contributed by atoms with Crippen molar-refractivity contribution in [3.8, 4) is 17.7 Å². The van der Waals surface area contributed by atoms with Crippen molar-refractivity contribution in [1.29, 1.82) is 0 Å². The van der Waals surface area contributed by atoms with E-state index in [1.54, 1.807) is 52.7 Å². The molecule has 0 aliphatic heterocycles. The zero-order chi connectivity index (χ0) is 22.6. The number of nitrogens with zero attached hydrogens (tertiary/aromatic N) is 2. The van der Waals surface area contributed by atoms with E-state index in [0.717, 1.165) is 21.2 Å². The lowest BCUT2D eigenvalue weighted by Crippen LogP contribution is -2.25. The number of benzene rings is 2. The van der Waals surface area contributed by atoms with Gasteiger partial charge in [-0.2, -0.15) is 8.42 Å². The molecule has 0 bridgehead atoms. The molecular weight excluding hydrogens is 444 g/mol. The summed E-state index contributed by atoms with van der Waals surface area (Å²) < 4.78 is 29.4. The molecule has 32 heavy (non-hydrogen) atoms. The van der Waals surface area contributed by atoms with Crippen LogP contribution in [0.4, 0.5) is 0 Å². The molecule has 0 aliphatic carbocycles. The maximum Gasteiger partial charge on any atom is 0.337 e. The number of rotatable bonds is 6. The molecule has 4 aromatic rings. The SMILES string of the molecule is O=C(O)c1cccc(C#CN(Cc2ccccc2)S(=O)(=O)c2cccs2)c1-n1cccc1. The molecule has 0 radical (unpaired) electrons. The standard InChI is InChI=1S/C24H18N2O4S2/c27-24(28)21-11-6-10-20(23(21)25-14-4-5-15-25)13-16-26(18-19-8-2-1-3-9-19)32(29,30)22-12-7-17-31-22/h1-12,14-15,17H,18H2,(H,27,28). The van der Waals surface area contributed by atoms with Crippen molar-refractivity contribution in [2.75, 3.05) is 0 Å². The van der Waals surface area contributed by atoms with Crippen molar-refractivity contribution in [2.45, 2.75) is 10.8 Å². The number of para-hydroxylation sites is 1. The Kier molecular flexibility index (Phi) is 6.12. The minimum atomic E-state index is -3.86. The Morgan fingerprint density at radius 2 is 1.72 bits per heavy atom. The van der Waals surface area contributed by atoms with Gasteiger partial charge in [-0.1, -0.05) is 42.5 Å². The largest absolute Gasteiger partial charge is 0.478 e. The lowest BCUT2D eigenvalue weighted by molar-refractivity contribution is 0.0697. The second-order valence-electron chi connectivity index (χ2n) is 6.76. The van der Waals surface area contributed by atoms with Crippen LogP contribution in [0, 0.1) is 12.0 Å². The number of sulfonamides is 1. The minimum absolute atomic E-state index is 0.0611. The van der Waals surface area contributed by atoms with E-state index in [2.05, 4.69) is 12.0 Å². The first-order chi connectivity index (χ1) is 15.5. The van der Waals surface area contributed by atoms with Gasteiger partial charge in [0.1, 0.15) is 4.21 Å². The predicted molar refractivity (Wildman–Crippen MR) is 123 cm³/mol. The van der Waals surface area contributed by atoms with Crippen LogP contribution in [-0.4, -0.2) is 28.4 Å². The summed E-state index contributed by atoms with van der Waals surface area (Å²) in [5, 5.41) is 11.3. The highest BCUT2D eigenvalue weighted by Crippen LogP contribution is 2.23. The third-order valence-corrected chi connectivity index (χ3v) is 7.68. The van der Waals surface area contributed by atoms with Gasteiger partial charge >= 0.3 is 5.97 Å². The van der Waals surface area contributed by atoms with Crippen LogP contribution in [0.1, 0.15) is 21.5 Å². The Hall–Kier alpha value is -3.80. The normalized spacial score (nSPS) is 10.9. The van der Waals surface area contributed by atoms with Crippen molar-refractivity contribution < 1.29 is 18.3 Å². The average molecular weight is 463 g/mol. The number of thiophene rings is 1. The Balaban J connectivity index is 1.82. The molecule has 0 fully saturated rings. The predicted octanol–water partition coefficient (Wildman–Crippen LogP) is 4.44. The maximum atomic E-state index is 13.2. The van der Waals surface area contributed by atoms with Gasteiger partial charge in [0.15, 0.2) is 0 Å². The first kappa shape index (κ1) is 21.4. The zero-order valence-electron chi connectivity index (χ0n) is 16.8. The molecule has 0 atom stereocenters. The molecule has 0 aliphatic rings. The summed E-state index contributed by atoms with van der Waals surface area (Å²) in [5.41, 5.74) is 1.64. The highest BCUT2D eigenvalue weighted by Gasteiger charge is 2.24. The van der Waals surface area contributed by atoms with Gasteiger partial charge < -0.3 is 9.67 Å². The van der Waals surface area contributed by atoms with E-state index in [-0.39, 0.29) is 16.3 Å². The van der Waals surface area contributed by atoms with Crippen LogP contribution < -0.4 is 0 Å². The number of aromatic nitrogens is 1. The topological polar surface area (TPSA) is 79.6 Å².